The first-order valence-electron chi connectivity index (χ1n) is 6.42. The Morgan fingerprint density at radius 3 is 1.67 bits per heavy atom. The first-order valence-corrected chi connectivity index (χ1v) is 6.42. The van der Waals surface area contributed by atoms with E-state index in [9.17, 15) is 0 Å². The highest BCUT2D eigenvalue weighted by molar-refractivity contribution is 5.68. The van der Waals surface area contributed by atoms with Crippen LogP contribution in [0, 0.1) is 0 Å². The van der Waals surface area contributed by atoms with Crippen molar-refractivity contribution in [3.63, 3.8) is 0 Å². The molecule has 0 amide bonds. The summed E-state index contributed by atoms with van der Waals surface area (Å²) in [6.07, 6.45) is 0. The maximum Gasteiger partial charge on any atom is 0.217 e. The molecule has 0 aliphatic rings. The Morgan fingerprint density at radius 2 is 1.24 bits per heavy atom. The van der Waals surface area contributed by atoms with Gasteiger partial charge in [0.1, 0.15) is 0 Å². The van der Waals surface area contributed by atoms with Crippen LogP contribution in [-0.2, 0) is 0 Å². The van der Waals surface area contributed by atoms with Crippen molar-refractivity contribution in [2.24, 2.45) is 5.11 Å². The number of hydrogen-bond acceptors (Lipinski definition) is 3. The molecule has 0 aliphatic carbocycles. The molecule has 0 atom stereocenters. The number of azide groups is 1. The Morgan fingerprint density at radius 1 is 0.762 bits per heavy atom. The molecule has 5 heteroatoms. The van der Waals surface area contributed by atoms with Gasteiger partial charge in [0, 0.05) is 16.0 Å². The molecule has 21 heavy (non-hydrogen) atoms. The average Bonchev–Trinajstić information content (AvgIpc) is 2.56. The molecule has 2 aromatic carbocycles. The zero-order chi connectivity index (χ0) is 14.5. The molecule has 0 fully saturated rings. The van der Waals surface area contributed by atoms with Crippen molar-refractivity contribution < 1.29 is 0 Å². The van der Waals surface area contributed by atoms with Gasteiger partial charge in [-0.15, -0.1) is 0 Å². The minimum Gasteiger partial charge on any atom is -0.227 e. The van der Waals surface area contributed by atoms with Crippen LogP contribution >= 0.6 is 0 Å². The maximum absolute atomic E-state index is 8.62. The summed E-state index contributed by atoms with van der Waals surface area (Å²) in [5.41, 5.74) is 12.0. The van der Waals surface area contributed by atoms with Crippen molar-refractivity contribution in [2.75, 3.05) is 0 Å². The first kappa shape index (κ1) is 12.8. The minimum absolute atomic E-state index is 0.123. The van der Waals surface area contributed by atoms with Crippen molar-refractivity contribution in [1.29, 1.82) is 0 Å². The highest BCUT2D eigenvalue weighted by Crippen LogP contribution is 2.25. The second-order valence-electron chi connectivity index (χ2n) is 4.36. The molecular weight excluding hydrogens is 262 g/mol. The molecule has 0 spiro atoms. The van der Waals surface area contributed by atoms with Crippen LogP contribution in [-0.4, -0.2) is 9.97 Å². The normalized spacial score (nSPS) is 9.90. The summed E-state index contributed by atoms with van der Waals surface area (Å²) in [5, 5.41) is 3.54. The number of nitrogens with zero attached hydrogens (tertiary/aromatic N) is 5. The zero-order valence-corrected chi connectivity index (χ0v) is 11.1. The predicted molar refractivity (Wildman–Crippen MR) is 81.7 cm³/mol. The standard InChI is InChI=1S/C16H11N5/c17-21-20-16-18-14(12-7-3-1-4-8-12)11-15(19-16)13-9-5-2-6-10-13/h1-11H. The summed E-state index contributed by atoms with van der Waals surface area (Å²) in [6.45, 7) is 0. The van der Waals surface area contributed by atoms with Crippen LogP contribution in [0.1, 0.15) is 0 Å². The first-order chi connectivity index (χ1) is 10.4. The summed E-state index contributed by atoms with van der Waals surface area (Å²) in [4.78, 5) is 11.4. The molecule has 3 aromatic rings. The van der Waals surface area contributed by atoms with Gasteiger partial charge in [-0.1, -0.05) is 60.7 Å². The van der Waals surface area contributed by atoms with Gasteiger partial charge in [0.15, 0.2) is 0 Å². The highest BCUT2D eigenvalue weighted by atomic mass is 15.2. The van der Waals surface area contributed by atoms with E-state index in [1.165, 1.54) is 0 Å². The van der Waals surface area contributed by atoms with E-state index in [0.29, 0.717) is 0 Å². The average molecular weight is 273 g/mol. The third kappa shape index (κ3) is 2.88. The molecule has 1 heterocycles. The van der Waals surface area contributed by atoms with Gasteiger partial charge >= 0.3 is 0 Å². The van der Waals surface area contributed by atoms with Gasteiger partial charge < -0.3 is 0 Å². The van der Waals surface area contributed by atoms with Gasteiger partial charge in [-0.3, -0.25) is 0 Å². The highest BCUT2D eigenvalue weighted by Gasteiger charge is 2.07. The summed E-state index contributed by atoms with van der Waals surface area (Å²) in [7, 11) is 0. The van der Waals surface area contributed by atoms with Gasteiger partial charge in [-0.2, -0.15) is 0 Å². The fourth-order valence-electron chi connectivity index (χ4n) is 2.03. The summed E-state index contributed by atoms with van der Waals surface area (Å²) < 4.78 is 0. The van der Waals surface area contributed by atoms with E-state index in [2.05, 4.69) is 20.0 Å². The topological polar surface area (TPSA) is 74.5 Å². The quantitative estimate of drug-likeness (QED) is 0.392. The number of rotatable bonds is 3. The van der Waals surface area contributed by atoms with Crippen molar-refractivity contribution in [3.8, 4) is 22.5 Å². The third-order valence-corrected chi connectivity index (χ3v) is 2.99. The molecule has 0 bridgehead atoms. The van der Waals surface area contributed by atoms with Crippen LogP contribution in [0.15, 0.2) is 71.8 Å². The SMILES string of the molecule is [N-]=[N+]=Nc1nc(-c2ccccc2)cc(-c2ccccc2)n1. The Labute approximate surface area is 121 Å². The van der Waals surface area contributed by atoms with E-state index in [1.54, 1.807) is 0 Å². The van der Waals surface area contributed by atoms with E-state index in [1.807, 2.05) is 66.7 Å². The van der Waals surface area contributed by atoms with E-state index >= 15 is 0 Å². The van der Waals surface area contributed by atoms with Crippen molar-refractivity contribution in [3.05, 3.63) is 77.2 Å². The van der Waals surface area contributed by atoms with Gasteiger partial charge in [0.2, 0.25) is 5.95 Å². The van der Waals surface area contributed by atoms with E-state index in [0.717, 1.165) is 22.5 Å². The van der Waals surface area contributed by atoms with Gasteiger partial charge in [-0.05, 0) is 16.7 Å². The smallest absolute Gasteiger partial charge is 0.217 e. The lowest BCUT2D eigenvalue weighted by Crippen LogP contribution is -1.90. The lowest BCUT2D eigenvalue weighted by Gasteiger charge is -2.06. The molecule has 100 valence electrons. The molecule has 0 saturated heterocycles. The Kier molecular flexibility index (Phi) is 3.58. The Bertz CT molecular complexity index is 736. The minimum atomic E-state index is 0.123. The van der Waals surface area contributed by atoms with Crippen molar-refractivity contribution >= 4 is 5.95 Å². The molecule has 0 radical (unpaired) electrons. The second-order valence-corrected chi connectivity index (χ2v) is 4.36. The van der Waals surface area contributed by atoms with Crippen molar-refractivity contribution in [1.82, 2.24) is 9.97 Å². The van der Waals surface area contributed by atoms with Gasteiger partial charge in [0.25, 0.3) is 0 Å². The molecule has 0 N–H and O–H groups in total. The van der Waals surface area contributed by atoms with E-state index < -0.39 is 0 Å². The summed E-state index contributed by atoms with van der Waals surface area (Å²) in [5.74, 6) is 0.123. The monoisotopic (exact) mass is 273 g/mol. The van der Waals surface area contributed by atoms with Crippen LogP contribution in [0.25, 0.3) is 33.0 Å². The summed E-state index contributed by atoms with van der Waals surface area (Å²) >= 11 is 0. The van der Waals surface area contributed by atoms with Crippen molar-refractivity contribution in [2.45, 2.75) is 0 Å². The number of benzene rings is 2. The predicted octanol–water partition coefficient (Wildman–Crippen LogP) is 4.75. The van der Waals surface area contributed by atoms with E-state index in [4.69, 9.17) is 5.53 Å². The second kappa shape index (κ2) is 5.86. The lowest BCUT2D eigenvalue weighted by atomic mass is 10.1. The van der Waals surface area contributed by atoms with Crippen LogP contribution in [0.2, 0.25) is 0 Å². The molecule has 3 rings (SSSR count). The fourth-order valence-corrected chi connectivity index (χ4v) is 2.03. The number of aromatic nitrogens is 2. The Balaban J connectivity index is 2.18. The summed E-state index contributed by atoms with van der Waals surface area (Å²) in [6, 6.07) is 21.3. The fraction of sp³-hybridized carbons (Fsp3) is 0. The van der Waals surface area contributed by atoms with E-state index in [-0.39, 0.29) is 5.95 Å². The Hall–Kier alpha value is -3.17. The largest absolute Gasteiger partial charge is 0.227 e. The molecule has 0 saturated carbocycles. The molecule has 0 aliphatic heterocycles. The van der Waals surface area contributed by atoms with Gasteiger partial charge in [-0.25, -0.2) is 9.97 Å². The molecule has 1 aromatic heterocycles. The lowest BCUT2D eigenvalue weighted by molar-refractivity contribution is 1.13. The number of hydrogen-bond donors (Lipinski definition) is 0. The molecular formula is C16H11N5. The maximum atomic E-state index is 8.62. The van der Waals surface area contributed by atoms with Gasteiger partial charge in [0.05, 0.1) is 11.4 Å². The van der Waals surface area contributed by atoms with Crippen LogP contribution < -0.4 is 0 Å². The van der Waals surface area contributed by atoms with Crippen LogP contribution in [0.5, 0.6) is 0 Å². The molecule has 5 nitrogen and oxygen atoms in total. The van der Waals surface area contributed by atoms with Crippen LogP contribution in [0.3, 0.4) is 0 Å². The van der Waals surface area contributed by atoms with Crippen LogP contribution in [0.4, 0.5) is 5.95 Å². The third-order valence-electron chi connectivity index (χ3n) is 2.99. The molecule has 0 unspecified atom stereocenters. The zero-order valence-electron chi connectivity index (χ0n) is 11.1.